The van der Waals surface area contributed by atoms with Crippen molar-refractivity contribution in [2.24, 2.45) is 0 Å². The molecule has 0 aromatic carbocycles. The van der Waals surface area contributed by atoms with Gasteiger partial charge < -0.3 is 14.9 Å². The van der Waals surface area contributed by atoms with Crippen LogP contribution in [0.3, 0.4) is 0 Å². The van der Waals surface area contributed by atoms with E-state index in [4.69, 9.17) is 5.11 Å². The van der Waals surface area contributed by atoms with Gasteiger partial charge in [-0.3, -0.25) is 4.79 Å². The topological polar surface area (TPSA) is 60.9 Å². The van der Waals surface area contributed by atoms with Crippen LogP contribution in [0.4, 0.5) is 4.79 Å². The molecular weight excluding hydrogens is 256 g/mol. The molecule has 5 nitrogen and oxygen atoms in total. The average molecular weight is 282 g/mol. The first-order valence-corrected chi connectivity index (χ1v) is 7.37. The van der Waals surface area contributed by atoms with Gasteiger partial charge in [0.05, 0.1) is 0 Å². The van der Waals surface area contributed by atoms with Gasteiger partial charge in [0.25, 0.3) is 0 Å². The van der Waals surface area contributed by atoms with E-state index in [1.54, 1.807) is 11.0 Å². The summed E-state index contributed by atoms with van der Waals surface area (Å²) in [5, 5.41) is 8.82. The van der Waals surface area contributed by atoms with Crippen molar-refractivity contribution in [1.82, 2.24) is 9.80 Å². The van der Waals surface area contributed by atoms with Crippen LogP contribution >= 0.6 is 0 Å². The molecule has 0 aromatic rings. The number of nitrogens with zero attached hydrogens (tertiary/aromatic N) is 2. The Bertz CT molecular complexity index is 355. The third-order valence-electron chi connectivity index (χ3n) is 3.76. The van der Waals surface area contributed by atoms with E-state index < -0.39 is 5.97 Å². The summed E-state index contributed by atoms with van der Waals surface area (Å²) in [5.41, 5.74) is 0. The second-order valence-electron chi connectivity index (χ2n) is 5.59. The molecule has 0 bridgehead atoms. The first-order valence-electron chi connectivity index (χ1n) is 7.37. The van der Waals surface area contributed by atoms with Crippen LogP contribution in [0.25, 0.3) is 0 Å². The molecule has 5 heteroatoms. The molecule has 1 aliphatic rings. The summed E-state index contributed by atoms with van der Waals surface area (Å²) in [7, 11) is 0. The van der Waals surface area contributed by atoms with Gasteiger partial charge in [-0.05, 0) is 39.5 Å². The van der Waals surface area contributed by atoms with Gasteiger partial charge in [-0.1, -0.05) is 6.08 Å². The van der Waals surface area contributed by atoms with E-state index in [0.717, 1.165) is 25.8 Å². The van der Waals surface area contributed by atoms with Crippen molar-refractivity contribution >= 4 is 12.0 Å². The van der Waals surface area contributed by atoms with Gasteiger partial charge >= 0.3 is 12.0 Å². The van der Waals surface area contributed by atoms with E-state index in [9.17, 15) is 9.59 Å². The Balaban J connectivity index is 2.74. The number of carboxylic acid groups (broad SMARTS) is 1. The smallest absolute Gasteiger partial charge is 0.320 e. The Morgan fingerprint density at radius 1 is 1.45 bits per heavy atom. The molecule has 0 radical (unpaired) electrons. The van der Waals surface area contributed by atoms with Crippen molar-refractivity contribution < 1.29 is 14.7 Å². The molecule has 0 spiro atoms. The summed E-state index contributed by atoms with van der Waals surface area (Å²) < 4.78 is 0. The Morgan fingerprint density at radius 2 is 2.15 bits per heavy atom. The van der Waals surface area contributed by atoms with Crippen LogP contribution in [0.5, 0.6) is 0 Å². The molecule has 1 heterocycles. The highest BCUT2D eigenvalue weighted by Gasteiger charge is 2.30. The summed E-state index contributed by atoms with van der Waals surface area (Å²) in [5.74, 6) is -0.797. The molecule has 114 valence electrons. The van der Waals surface area contributed by atoms with Crippen molar-refractivity contribution in [3.8, 4) is 0 Å². The third kappa shape index (κ3) is 4.54. The van der Waals surface area contributed by atoms with E-state index >= 15 is 0 Å². The van der Waals surface area contributed by atoms with Gasteiger partial charge in [-0.2, -0.15) is 0 Å². The predicted molar refractivity (Wildman–Crippen MR) is 78.6 cm³/mol. The number of urea groups is 1. The van der Waals surface area contributed by atoms with Crippen LogP contribution < -0.4 is 0 Å². The molecular formula is C15H26N2O3. The SMILES string of the molecule is C=CCN(C(=O)N1CCCCC1CCC(=O)O)C(C)C. The van der Waals surface area contributed by atoms with Crippen LogP contribution in [0.15, 0.2) is 12.7 Å². The number of hydrogen-bond acceptors (Lipinski definition) is 2. The van der Waals surface area contributed by atoms with Crippen LogP contribution in [0.1, 0.15) is 46.0 Å². The molecule has 1 N–H and O–H groups in total. The number of amides is 2. The average Bonchev–Trinajstić information content (AvgIpc) is 2.41. The number of aliphatic carboxylic acids is 1. The van der Waals surface area contributed by atoms with Crippen molar-refractivity contribution in [1.29, 1.82) is 0 Å². The number of carbonyl (C=O) groups is 2. The summed E-state index contributed by atoms with van der Waals surface area (Å²) in [6.45, 7) is 8.92. The Hall–Kier alpha value is -1.52. The molecule has 1 unspecified atom stereocenters. The summed E-state index contributed by atoms with van der Waals surface area (Å²) in [4.78, 5) is 27.0. The number of rotatable bonds is 6. The van der Waals surface area contributed by atoms with Gasteiger partial charge in [-0.15, -0.1) is 6.58 Å². The standard InChI is InChI=1S/C15H26N2O3/c1-4-10-16(12(2)3)15(20)17-11-6-5-7-13(17)8-9-14(18)19/h4,12-13H,1,5-11H2,2-3H3,(H,18,19). The number of carboxylic acids is 1. The van der Waals surface area contributed by atoms with Gasteiger partial charge in [0.1, 0.15) is 0 Å². The zero-order valence-electron chi connectivity index (χ0n) is 12.5. The lowest BCUT2D eigenvalue weighted by atomic mass is 9.98. The molecule has 0 saturated carbocycles. The minimum Gasteiger partial charge on any atom is -0.481 e. The molecule has 0 aliphatic carbocycles. The Labute approximate surface area is 121 Å². The lowest BCUT2D eigenvalue weighted by Gasteiger charge is -2.40. The normalized spacial score (nSPS) is 18.9. The van der Waals surface area contributed by atoms with Crippen LogP contribution in [0.2, 0.25) is 0 Å². The molecule has 1 atom stereocenters. The van der Waals surface area contributed by atoms with Crippen molar-refractivity contribution in [2.45, 2.75) is 58.0 Å². The quantitative estimate of drug-likeness (QED) is 0.762. The number of likely N-dealkylation sites (tertiary alicyclic amines) is 1. The maximum Gasteiger partial charge on any atom is 0.320 e. The zero-order chi connectivity index (χ0) is 15.1. The Morgan fingerprint density at radius 3 is 2.70 bits per heavy atom. The highest BCUT2D eigenvalue weighted by atomic mass is 16.4. The van der Waals surface area contributed by atoms with Gasteiger partial charge in [0.15, 0.2) is 0 Å². The Kier molecular flexibility index (Phi) is 6.55. The highest BCUT2D eigenvalue weighted by molar-refractivity contribution is 5.75. The molecule has 20 heavy (non-hydrogen) atoms. The molecule has 1 fully saturated rings. The first-order chi connectivity index (χ1) is 9.47. The maximum absolute atomic E-state index is 12.6. The fourth-order valence-corrected chi connectivity index (χ4v) is 2.66. The minimum atomic E-state index is -0.797. The van der Waals surface area contributed by atoms with Gasteiger partial charge in [0, 0.05) is 31.6 Å². The van der Waals surface area contributed by atoms with Gasteiger partial charge in [0.2, 0.25) is 0 Å². The van der Waals surface area contributed by atoms with E-state index in [-0.39, 0.29) is 24.5 Å². The highest BCUT2D eigenvalue weighted by Crippen LogP contribution is 2.23. The molecule has 0 aromatic heterocycles. The lowest BCUT2D eigenvalue weighted by Crippen LogP contribution is -2.52. The van der Waals surface area contributed by atoms with E-state index in [2.05, 4.69) is 6.58 Å². The first kappa shape index (κ1) is 16.5. The van der Waals surface area contributed by atoms with E-state index in [0.29, 0.717) is 13.0 Å². The number of carbonyl (C=O) groups excluding carboxylic acids is 1. The molecule has 1 saturated heterocycles. The molecule has 1 aliphatic heterocycles. The molecule has 2 amide bonds. The fraction of sp³-hybridized carbons (Fsp3) is 0.733. The molecule has 1 rings (SSSR count). The van der Waals surface area contributed by atoms with Crippen molar-refractivity contribution in [3.05, 3.63) is 12.7 Å². The van der Waals surface area contributed by atoms with Gasteiger partial charge in [-0.25, -0.2) is 4.79 Å². The fourth-order valence-electron chi connectivity index (χ4n) is 2.66. The monoisotopic (exact) mass is 282 g/mol. The van der Waals surface area contributed by atoms with Crippen molar-refractivity contribution in [2.75, 3.05) is 13.1 Å². The van der Waals surface area contributed by atoms with E-state index in [1.807, 2.05) is 18.7 Å². The van der Waals surface area contributed by atoms with Crippen LogP contribution in [-0.4, -0.2) is 52.1 Å². The lowest BCUT2D eigenvalue weighted by molar-refractivity contribution is -0.137. The van der Waals surface area contributed by atoms with Crippen LogP contribution in [-0.2, 0) is 4.79 Å². The largest absolute Gasteiger partial charge is 0.481 e. The van der Waals surface area contributed by atoms with Crippen LogP contribution in [0, 0.1) is 0 Å². The second kappa shape index (κ2) is 7.92. The zero-order valence-corrected chi connectivity index (χ0v) is 12.5. The number of hydrogen-bond donors (Lipinski definition) is 1. The third-order valence-corrected chi connectivity index (χ3v) is 3.76. The summed E-state index contributed by atoms with van der Waals surface area (Å²) in [6, 6.07) is 0.177. The summed E-state index contributed by atoms with van der Waals surface area (Å²) >= 11 is 0. The predicted octanol–water partition coefficient (Wildman–Crippen LogP) is 2.72. The summed E-state index contributed by atoms with van der Waals surface area (Å²) in [6.07, 6.45) is 5.36. The second-order valence-corrected chi connectivity index (χ2v) is 5.59. The van der Waals surface area contributed by atoms with E-state index in [1.165, 1.54) is 0 Å². The maximum atomic E-state index is 12.6. The minimum absolute atomic E-state index is 0.00925. The van der Waals surface area contributed by atoms with Crippen molar-refractivity contribution in [3.63, 3.8) is 0 Å². The number of piperidine rings is 1.